The van der Waals surface area contributed by atoms with Crippen LogP contribution in [0.4, 0.5) is 0 Å². The lowest BCUT2D eigenvalue weighted by Gasteiger charge is -2.09. The number of benzene rings is 1. The van der Waals surface area contributed by atoms with E-state index in [1.54, 1.807) is 0 Å². The van der Waals surface area contributed by atoms with Gasteiger partial charge in [-0.25, -0.2) is 0 Å². The van der Waals surface area contributed by atoms with Gasteiger partial charge in [0.15, 0.2) is 0 Å². The molecule has 0 saturated heterocycles. The summed E-state index contributed by atoms with van der Waals surface area (Å²) >= 11 is 0. The van der Waals surface area contributed by atoms with Crippen LogP contribution in [0, 0.1) is 0 Å². The number of aryl methyl sites for hydroxylation is 1. The molecule has 16 heavy (non-hydrogen) atoms. The van der Waals surface area contributed by atoms with Crippen LogP contribution in [-0.2, 0) is 6.42 Å². The molecular weight excluding hydrogens is 202 g/mol. The molecule has 0 atom stereocenters. The average Bonchev–Trinajstić information content (AvgIpc) is 2.34. The number of hydrogen-bond acceptors (Lipinski definition) is 2. The second-order valence-electron chi connectivity index (χ2n) is 3.75. The Morgan fingerprint density at radius 2 is 2.06 bits per heavy atom. The van der Waals surface area contributed by atoms with Crippen molar-refractivity contribution in [3.63, 3.8) is 0 Å². The molecule has 0 fully saturated rings. The Labute approximate surface area is 97.4 Å². The molecule has 0 aliphatic heterocycles. The van der Waals surface area contributed by atoms with Crippen molar-refractivity contribution in [3.8, 4) is 5.75 Å². The predicted molar refractivity (Wildman–Crippen MR) is 64.7 cm³/mol. The van der Waals surface area contributed by atoms with E-state index in [0.717, 1.165) is 38.3 Å². The first kappa shape index (κ1) is 13.0. The van der Waals surface area contributed by atoms with Gasteiger partial charge in [0, 0.05) is 6.42 Å². The van der Waals surface area contributed by atoms with Gasteiger partial charge >= 0.3 is 0 Å². The van der Waals surface area contributed by atoms with Gasteiger partial charge < -0.3 is 15.2 Å². The highest BCUT2D eigenvalue weighted by atomic mass is 16.5. The smallest absolute Gasteiger partial charge is 0.122 e. The van der Waals surface area contributed by atoms with Crippen LogP contribution in [0.15, 0.2) is 24.3 Å². The molecule has 0 amide bonds. The Bertz CT molecular complexity index is 289. The molecule has 0 aliphatic carbocycles. The quantitative estimate of drug-likeness (QED) is 0.634. The summed E-state index contributed by atoms with van der Waals surface area (Å²) in [5, 5.41) is 10.7. The van der Waals surface area contributed by atoms with Crippen LogP contribution >= 0.6 is 0 Å². The van der Waals surface area contributed by atoms with Gasteiger partial charge in [0.25, 0.3) is 0 Å². The maximum Gasteiger partial charge on any atom is 0.122 e. The third kappa shape index (κ3) is 4.64. The lowest BCUT2D eigenvalue weighted by atomic mass is 10.1. The summed E-state index contributed by atoms with van der Waals surface area (Å²) in [6, 6.07) is 8.18. The van der Waals surface area contributed by atoms with Crippen molar-refractivity contribution in [1.82, 2.24) is 0 Å². The van der Waals surface area contributed by atoms with Gasteiger partial charge in [0.1, 0.15) is 5.75 Å². The van der Waals surface area contributed by atoms with Gasteiger partial charge in [0.2, 0.25) is 0 Å². The Hall–Kier alpha value is -1.06. The maximum atomic E-state index is 8.61. The molecule has 0 aromatic heterocycles. The van der Waals surface area contributed by atoms with Gasteiger partial charge in [-0.1, -0.05) is 25.1 Å². The van der Waals surface area contributed by atoms with Gasteiger partial charge in [-0.15, -0.1) is 0 Å². The highest BCUT2D eigenvalue weighted by Crippen LogP contribution is 2.18. The van der Waals surface area contributed by atoms with Crippen LogP contribution in [0.2, 0.25) is 0 Å². The van der Waals surface area contributed by atoms with E-state index >= 15 is 0 Å². The van der Waals surface area contributed by atoms with Crippen molar-refractivity contribution in [2.75, 3.05) is 26.3 Å². The zero-order chi connectivity index (χ0) is 11.6. The number of ether oxygens (including phenoxy) is 1. The Morgan fingerprint density at radius 3 is 2.81 bits per heavy atom. The summed E-state index contributed by atoms with van der Waals surface area (Å²) < 4.78 is 5.73. The number of rotatable bonds is 8. The van der Waals surface area contributed by atoms with E-state index in [-0.39, 0.29) is 6.61 Å². The van der Waals surface area contributed by atoms with Gasteiger partial charge in [-0.05, 0) is 18.1 Å². The SMILES string of the molecule is CCc1ccccc1OCCC[NH2+]CCO. The number of aliphatic hydroxyl groups is 1. The van der Waals surface area contributed by atoms with Crippen LogP contribution in [0.5, 0.6) is 5.75 Å². The number of para-hydroxylation sites is 1. The molecule has 0 saturated carbocycles. The van der Waals surface area contributed by atoms with E-state index in [4.69, 9.17) is 9.84 Å². The van der Waals surface area contributed by atoms with Crippen molar-refractivity contribution in [3.05, 3.63) is 29.8 Å². The Morgan fingerprint density at radius 1 is 1.25 bits per heavy atom. The topological polar surface area (TPSA) is 46.1 Å². The highest BCUT2D eigenvalue weighted by Gasteiger charge is 2.00. The highest BCUT2D eigenvalue weighted by molar-refractivity contribution is 5.33. The summed E-state index contributed by atoms with van der Waals surface area (Å²) in [7, 11) is 0. The molecule has 1 aromatic rings. The van der Waals surface area contributed by atoms with Crippen molar-refractivity contribution in [2.24, 2.45) is 0 Å². The van der Waals surface area contributed by atoms with E-state index < -0.39 is 0 Å². The number of nitrogens with two attached hydrogens (primary N) is 1. The van der Waals surface area contributed by atoms with E-state index in [9.17, 15) is 0 Å². The largest absolute Gasteiger partial charge is 0.493 e. The summed E-state index contributed by atoms with van der Waals surface area (Å²) in [6.07, 6.45) is 2.02. The minimum Gasteiger partial charge on any atom is -0.493 e. The first-order valence-corrected chi connectivity index (χ1v) is 6.01. The molecule has 1 aromatic carbocycles. The fourth-order valence-electron chi connectivity index (χ4n) is 1.58. The summed E-state index contributed by atoms with van der Waals surface area (Å²) in [5.41, 5.74) is 1.27. The third-order valence-electron chi connectivity index (χ3n) is 2.50. The maximum absolute atomic E-state index is 8.61. The van der Waals surface area contributed by atoms with Crippen molar-refractivity contribution >= 4 is 0 Å². The standard InChI is InChI=1S/C13H21NO2/c1-2-12-6-3-4-7-13(12)16-11-5-8-14-9-10-15/h3-4,6-7,14-15H,2,5,8-11H2,1H3/p+1. The zero-order valence-corrected chi connectivity index (χ0v) is 9.98. The first-order chi connectivity index (χ1) is 7.88. The number of hydrogen-bond donors (Lipinski definition) is 2. The molecule has 0 heterocycles. The monoisotopic (exact) mass is 224 g/mol. The Balaban J connectivity index is 2.21. The second kappa shape index (κ2) is 8.13. The lowest BCUT2D eigenvalue weighted by molar-refractivity contribution is -0.656. The van der Waals surface area contributed by atoms with Crippen LogP contribution in [0.3, 0.4) is 0 Å². The molecule has 3 nitrogen and oxygen atoms in total. The molecule has 3 heteroatoms. The third-order valence-corrected chi connectivity index (χ3v) is 2.50. The van der Waals surface area contributed by atoms with Gasteiger partial charge in [0.05, 0.1) is 26.3 Å². The predicted octanol–water partition coefficient (Wildman–Crippen LogP) is 0.574. The molecule has 3 N–H and O–H groups in total. The Kier molecular flexibility index (Phi) is 6.61. The zero-order valence-electron chi connectivity index (χ0n) is 9.98. The minimum absolute atomic E-state index is 0.250. The lowest BCUT2D eigenvalue weighted by Crippen LogP contribution is -2.85. The summed E-state index contributed by atoms with van der Waals surface area (Å²) in [5.74, 6) is 1.01. The van der Waals surface area contributed by atoms with Crippen molar-refractivity contribution in [1.29, 1.82) is 0 Å². The van der Waals surface area contributed by atoms with Crippen LogP contribution < -0.4 is 10.1 Å². The molecule has 0 bridgehead atoms. The molecular formula is C13H22NO2+. The summed E-state index contributed by atoms with van der Waals surface area (Å²) in [6.45, 7) is 4.93. The van der Waals surface area contributed by atoms with Gasteiger partial charge in [-0.3, -0.25) is 0 Å². The first-order valence-electron chi connectivity index (χ1n) is 6.01. The van der Waals surface area contributed by atoms with Crippen LogP contribution in [0.25, 0.3) is 0 Å². The van der Waals surface area contributed by atoms with E-state index in [1.165, 1.54) is 5.56 Å². The molecule has 0 spiro atoms. The molecule has 0 unspecified atom stereocenters. The van der Waals surface area contributed by atoms with Crippen LogP contribution in [-0.4, -0.2) is 31.4 Å². The number of quaternary nitrogens is 1. The molecule has 90 valence electrons. The normalized spacial score (nSPS) is 10.4. The van der Waals surface area contributed by atoms with Crippen LogP contribution in [0.1, 0.15) is 18.9 Å². The molecule has 0 aliphatic rings. The van der Waals surface area contributed by atoms with E-state index in [2.05, 4.69) is 18.3 Å². The summed E-state index contributed by atoms with van der Waals surface area (Å²) in [4.78, 5) is 0. The van der Waals surface area contributed by atoms with Crippen molar-refractivity contribution in [2.45, 2.75) is 19.8 Å². The fourth-order valence-corrected chi connectivity index (χ4v) is 1.58. The number of aliphatic hydroxyl groups excluding tert-OH is 1. The minimum atomic E-state index is 0.250. The fraction of sp³-hybridized carbons (Fsp3) is 0.538. The van der Waals surface area contributed by atoms with E-state index in [1.807, 2.05) is 18.2 Å². The van der Waals surface area contributed by atoms with Crippen molar-refractivity contribution < 1.29 is 15.2 Å². The van der Waals surface area contributed by atoms with Gasteiger partial charge in [-0.2, -0.15) is 0 Å². The second-order valence-corrected chi connectivity index (χ2v) is 3.75. The van der Waals surface area contributed by atoms with E-state index in [0.29, 0.717) is 0 Å². The molecule has 1 rings (SSSR count). The average molecular weight is 224 g/mol. The molecule has 0 radical (unpaired) electrons.